The highest BCUT2D eigenvalue weighted by Crippen LogP contribution is 2.46. The van der Waals surface area contributed by atoms with Crippen LogP contribution >= 0.6 is 22.9 Å². The molecule has 8 nitrogen and oxygen atoms in total. The van der Waals surface area contributed by atoms with Gasteiger partial charge in [-0.05, 0) is 19.3 Å². The van der Waals surface area contributed by atoms with Crippen LogP contribution in [0.4, 0.5) is 8.78 Å². The summed E-state index contributed by atoms with van der Waals surface area (Å²) in [5.74, 6) is -4.15. The lowest BCUT2D eigenvalue weighted by Gasteiger charge is -2.42. The van der Waals surface area contributed by atoms with E-state index in [9.17, 15) is 23.5 Å². The summed E-state index contributed by atoms with van der Waals surface area (Å²) in [5.41, 5.74) is -1.03. The number of oxazole rings is 1. The first-order valence-corrected chi connectivity index (χ1v) is 12.3. The highest BCUT2D eigenvalue weighted by molar-refractivity contribution is 7.16. The topological polar surface area (TPSA) is 101 Å². The van der Waals surface area contributed by atoms with Crippen LogP contribution in [0.5, 0.6) is 0 Å². The van der Waals surface area contributed by atoms with Gasteiger partial charge in [-0.25, -0.2) is 18.7 Å². The molecular formula is C22H23ClF2N4O4S. The summed E-state index contributed by atoms with van der Waals surface area (Å²) in [5, 5.41) is 13.2. The van der Waals surface area contributed by atoms with Crippen molar-refractivity contribution in [2.75, 3.05) is 13.1 Å². The summed E-state index contributed by atoms with van der Waals surface area (Å²) in [7, 11) is 0. The molecule has 1 aliphatic heterocycles. The van der Waals surface area contributed by atoms with Crippen LogP contribution in [0.25, 0.3) is 10.9 Å². The van der Waals surface area contributed by atoms with Crippen LogP contribution in [0.15, 0.2) is 33.5 Å². The monoisotopic (exact) mass is 512 g/mol. The van der Waals surface area contributed by atoms with E-state index in [1.54, 1.807) is 10.3 Å². The minimum atomic E-state index is -2.86. The van der Waals surface area contributed by atoms with Crippen molar-refractivity contribution in [3.05, 3.63) is 44.7 Å². The molecule has 2 unspecified atom stereocenters. The first kappa shape index (κ1) is 23.4. The Kier molecular flexibility index (Phi) is 5.97. The Morgan fingerprint density at radius 1 is 1.32 bits per heavy atom. The molecule has 0 aromatic carbocycles. The summed E-state index contributed by atoms with van der Waals surface area (Å²) < 4.78 is 35.3. The summed E-state index contributed by atoms with van der Waals surface area (Å²) in [6.45, 7) is 0.570. The Morgan fingerprint density at radius 3 is 2.79 bits per heavy atom. The Labute approximate surface area is 202 Å². The first-order valence-electron chi connectivity index (χ1n) is 11.1. The molecule has 1 aliphatic carbocycles. The molecule has 3 aromatic rings. The number of hydrogen-bond donors (Lipinski definition) is 1. The molecule has 0 radical (unpaired) electrons. The molecule has 2 aliphatic rings. The molecule has 1 saturated carbocycles. The van der Waals surface area contributed by atoms with Gasteiger partial charge in [-0.3, -0.25) is 14.2 Å². The minimum Gasteiger partial charge on any atom is -0.448 e. The van der Waals surface area contributed by atoms with Crippen molar-refractivity contribution >= 4 is 39.7 Å². The number of alkyl halides is 2. The zero-order chi connectivity index (χ0) is 24.1. The van der Waals surface area contributed by atoms with Gasteiger partial charge in [-0.1, -0.05) is 11.6 Å². The number of carbonyl (C=O) groups is 1. The number of amides is 1. The number of piperidine rings is 1. The van der Waals surface area contributed by atoms with E-state index in [1.807, 2.05) is 0 Å². The van der Waals surface area contributed by atoms with E-state index < -0.39 is 29.8 Å². The van der Waals surface area contributed by atoms with E-state index in [0.717, 1.165) is 0 Å². The summed E-state index contributed by atoms with van der Waals surface area (Å²) >= 11 is 7.28. The number of fused-ring (bicyclic) bond motifs is 1. The second-order valence-electron chi connectivity index (χ2n) is 9.21. The molecule has 1 saturated heterocycles. The van der Waals surface area contributed by atoms with Crippen molar-refractivity contribution in [1.82, 2.24) is 19.4 Å². The summed E-state index contributed by atoms with van der Waals surface area (Å²) in [6.07, 6.45) is 3.71. The number of likely N-dealkylation sites (tertiary alicyclic amines) is 1. The quantitative estimate of drug-likeness (QED) is 0.572. The summed E-state index contributed by atoms with van der Waals surface area (Å²) in [6, 6.07) is 0. The predicted octanol–water partition coefficient (Wildman–Crippen LogP) is 3.67. The van der Waals surface area contributed by atoms with E-state index in [4.69, 9.17) is 16.0 Å². The minimum absolute atomic E-state index is 0.0423. The van der Waals surface area contributed by atoms with Crippen LogP contribution in [0.3, 0.4) is 0 Å². The van der Waals surface area contributed by atoms with Gasteiger partial charge in [0.2, 0.25) is 11.8 Å². The lowest BCUT2D eigenvalue weighted by Crippen LogP contribution is -2.52. The number of aromatic nitrogens is 3. The predicted molar refractivity (Wildman–Crippen MR) is 121 cm³/mol. The molecule has 12 heteroatoms. The Morgan fingerprint density at radius 2 is 2.09 bits per heavy atom. The molecule has 34 heavy (non-hydrogen) atoms. The maximum absolute atomic E-state index is 14.1. The highest BCUT2D eigenvalue weighted by atomic mass is 35.5. The zero-order valence-electron chi connectivity index (χ0n) is 18.1. The van der Waals surface area contributed by atoms with Gasteiger partial charge in [0.1, 0.15) is 15.6 Å². The molecule has 2 atom stereocenters. The maximum atomic E-state index is 14.1. The van der Waals surface area contributed by atoms with Crippen molar-refractivity contribution in [1.29, 1.82) is 0 Å². The standard InChI is InChI=1S/C22H23ClF2N4O4S/c23-18-17-15(9-34-18)20(31)29(11-27-17)10-21(32)3-5-28(6-4-21)19(30)13-1-2-22(24,25)7-14(13)16-8-26-12-33-16/h8-9,11-14,32H,1-7,10H2. The molecule has 2 fully saturated rings. The maximum Gasteiger partial charge on any atom is 0.262 e. The van der Waals surface area contributed by atoms with Crippen molar-refractivity contribution in [3.8, 4) is 0 Å². The second kappa shape index (κ2) is 8.69. The Hall–Kier alpha value is -2.37. The molecular weight excluding hydrogens is 490 g/mol. The average molecular weight is 513 g/mol. The molecule has 182 valence electrons. The van der Waals surface area contributed by atoms with Gasteiger partial charge in [0.15, 0.2) is 6.39 Å². The number of carbonyl (C=O) groups excluding carboxylic acids is 1. The van der Waals surface area contributed by atoms with Crippen molar-refractivity contribution in [2.24, 2.45) is 5.92 Å². The number of hydrogen-bond acceptors (Lipinski definition) is 7. The van der Waals surface area contributed by atoms with Gasteiger partial charge in [0, 0.05) is 43.1 Å². The van der Waals surface area contributed by atoms with Crippen molar-refractivity contribution in [2.45, 2.75) is 56.1 Å². The van der Waals surface area contributed by atoms with Gasteiger partial charge in [0.25, 0.3) is 5.56 Å². The fourth-order valence-corrected chi connectivity index (χ4v) is 6.03. The summed E-state index contributed by atoms with van der Waals surface area (Å²) in [4.78, 5) is 35.7. The normalized spacial score (nSPS) is 24.4. The fraction of sp³-hybridized carbons (Fsp3) is 0.545. The van der Waals surface area contributed by atoms with E-state index in [-0.39, 0.29) is 56.8 Å². The van der Waals surface area contributed by atoms with Gasteiger partial charge < -0.3 is 14.4 Å². The van der Waals surface area contributed by atoms with E-state index in [1.165, 1.54) is 34.8 Å². The second-order valence-corrected chi connectivity index (χ2v) is 10.7. The van der Waals surface area contributed by atoms with Crippen LogP contribution in [0.1, 0.15) is 43.8 Å². The lowest BCUT2D eigenvalue weighted by molar-refractivity contribution is -0.146. The third-order valence-electron chi connectivity index (χ3n) is 6.97. The SMILES string of the molecule is O=C(C1CCC(F)(F)CC1c1cnco1)N1CCC(O)(Cn2cnc3c(Cl)scc3c2=O)CC1. The third-order valence-corrected chi connectivity index (χ3v) is 8.17. The fourth-order valence-electron chi connectivity index (χ4n) is 5.04. The third kappa shape index (κ3) is 4.36. The lowest BCUT2D eigenvalue weighted by atomic mass is 9.75. The average Bonchev–Trinajstić information content (AvgIpc) is 3.46. The highest BCUT2D eigenvalue weighted by Gasteiger charge is 2.47. The number of aliphatic hydroxyl groups is 1. The number of halogens is 3. The molecule has 0 spiro atoms. The van der Waals surface area contributed by atoms with Gasteiger partial charge >= 0.3 is 0 Å². The zero-order valence-corrected chi connectivity index (χ0v) is 19.7. The number of thiophene rings is 1. The van der Waals surface area contributed by atoms with Crippen LogP contribution in [-0.4, -0.2) is 55.1 Å². The van der Waals surface area contributed by atoms with Gasteiger partial charge in [0.05, 0.1) is 30.1 Å². The van der Waals surface area contributed by atoms with Crippen LogP contribution in [0.2, 0.25) is 4.34 Å². The molecule has 3 aromatic heterocycles. The molecule has 5 rings (SSSR count). The largest absolute Gasteiger partial charge is 0.448 e. The molecule has 1 amide bonds. The number of nitrogens with zero attached hydrogens (tertiary/aromatic N) is 4. The van der Waals surface area contributed by atoms with Crippen molar-refractivity contribution < 1.29 is 23.1 Å². The Bertz CT molecular complexity index is 1250. The molecule has 4 heterocycles. The van der Waals surface area contributed by atoms with Crippen LogP contribution < -0.4 is 5.56 Å². The Balaban J connectivity index is 1.27. The molecule has 0 bridgehead atoms. The van der Waals surface area contributed by atoms with Crippen molar-refractivity contribution in [3.63, 3.8) is 0 Å². The van der Waals surface area contributed by atoms with E-state index in [2.05, 4.69) is 9.97 Å². The van der Waals surface area contributed by atoms with Crippen LogP contribution in [0, 0.1) is 5.92 Å². The number of rotatable bonds is 4. The first-order chi connectivity index (χ1) is 16.2. The van der Waals surface area contributed by atoms with E-state index in [0.29, 0.717) is 21.0 Å². The van der Waals surface area contributed by atoms with Gasteiger partial charge in [-0.15, -0.1) is 11.3 Å². The van der Waals surface area contributed by atoms with E-state index >= 15 is 0 Å². The molecule has 1 N–H and O–H groups in total. The van der Waals surface area contributed by atoms with Crippen LogP contribution in [-0.2, 0) is 11.3 Å². The smallest absolute Gasteiger partial charge is 0.262 e. The van der Waals surface area contributed by atoms with Gasteiger partial charge in [-0.2, -0.15) is 0 Å².